The summed E-state index contributed by atoms with van der Waals surface area (Å²) in [5, 5.41) is 5.45. The second-order valence-corrected chi connectivity index (χ2v) is 7.37. The number of hydrogen-bond acceptors (Lipinski definition) is 5. The lowest BCUT2D eigenvalue weighted by Gasteiger charge is -2.28. The number of amides is 2. The summed E-state index contributed by atoms with van der Waals surface area (Å²) >= 11 is 0. The maximum absolute atomic E-state index is 13.0. The van der Waals surface area contributed by atoms with Crippen LogP contribution in [0.4, 0.5) is 35.9 Å². The van der Waals surface area contributed by atoms with Crippen molar-refractivity contribution in [3.8, 4) is 0 Å². The summed E-state index contributed by atoms with van der Waals surface area (Å²) in [4.78, 5) is 38.5. The molecule has 2 N–H and O–H groups in total. The Bertz CT molecular complexity index is 1260. The Hall–Kier alpha value is -4.34. The van der Waals surface area contributed by atoms with Crippen molar-refractivity contribution in [3.63, 3.8) is 0 Å². The van der Waals surface area contributed by atoms with Crippen molar-refractivity contribution < 1.29 is 32.3 Å². The van der Waals surface area contributed by atoms with Crippen LogP contribution in [0.15, 0.2) is 72.8 Å². The number of carbonyl (C=O) groups is 3. The van der Waals surface area contributed by atoms with Crippen molar-refractivity contribution in [2.45, 2.75) is 6.18 Å². The molecule has 0 atom stereocenters. The van der Waals surface area contributed by atoms with Crippen LogP contribution in [0.1, 0.15) is 15.9 Å². The molecule has 34 heavy (non-hydrogen) atoms. The van der Waals surface area contributed by atoms with E-state index in [-0.39, 0.29) is 29.4 Å². The van der Waals surface area contributed by atoms with Crippen LogP contribution in [0, 0.1) is 0 Å². The third-order valence-electron chi connectivity index (χ3n) is 5.01. The number of alkyl halides is 3. The molecule has 0 saturated carbocycles. The molecule has 3 aromatic rings. The van der Waals surface area contributed by atoms with Crippen LogP contribution in [-0.2, 0) is 20.5 Å². The van der Waals surface area contributed by atoms with Crippen LogP contribution >= 0.6 is 0 Å². The fourth-order valence-corrected chi connectivity index (χ4v) is 3.44. The van der Waals surface area contributed by atoms with Crippen molar-refractivity contribution in [2.24, 2.45) is 0 Å². The molecule has 0 fully saturated rings. The summed E-state index contributed by atoms with van der Waals surface area (Å²) in [7, 11) is 0. The Balaban J connectivity index is 1.47. The number of rotatable bonds is 5. The maximum atomic E-state index is 13.0. The second kappa shape index (κ2) is 9.26. The number of nitrogens with zero attached hydrogens (tertiary/aromatic N) is 1. The summed E-state index contributed by atoms with van der Waals surface area (Å²) < 4.78 is 44.2. The van der Waals surface area contributed by atoms with E-state index in [1.807, 2.05) is 0 Å². The molecule has 174 valence electrons. The fourth-order valence-electron chi connectivity index (χ4n) is 3.44. The first-order chi connectivity index (χ1) is 16.2. The zero-order valence-corrected chi connectivity index (χ0v) is 17.6. The molecule has 1 heterocycles. The molecule has 2 amide bonds. The van der Waals surface area contributed by atoms with Gasteiger partial charge in [0.2, 0.25) is 5.91 Å². The number of carbonyl (C=O) groups excluding carboxylic acids is 3. The zero-order chi connectivity index (χ0) is 24.3. The van der Waals surface area contributed by atoms with Crippen molar-refractivity contribution in [3.05, 3.63) is 83.9 Å². The normalized spacial score (nSPS) is 13.0. The number of hydrogen-bond donors (Lipinski definition) is 2. The van der Waals surface area contributed by atoms with Gasteiger partial charge in [-0.15, -0.1) is 0 Å². The molecule has 0 bridgehead atoms. The van der Waals surface area contributed by atoms with E-state index in [1.165, 1.54) is 29.2 Å². The zero-order valence-electron chi connectivity index (χ0n) is 17.6. The molecule has 3 aromatic carbocycles. The van der Waals surface area contributed by atoms with Crippen molar-refractivity contribution in [2.75, 3.05) is 28.7 Å². The van der Waals surface area contributed by atoms with Crippen LogP contribution in [0.3, 0.4) is 0 Å². The molecular weight excluding hydrogens is 451 g/mol. The molecular formula is C24H18F3N3O4. The van der Waals surface area contributed by atoms with Crippen LogP contribution < -0.4 is 15.5 Å². The third kappa shape index (κ3) is 5.01. The summed E-state index contributed by atoms with van der Waals surface area (Å²) in [6, 6.07) is 17.3. The van der Waals surface area contributed by atoms with Gasteiger partial charge in [-0.2, -0.15) is 13.2 Å². The topological polar surface area (TPSA) is 87.7 Å². The highest BCUT2D eigenvalue weighted by atomic mass is 19.4. The van der Waals surface area contributed by atoms with Gasteiger partial charge in [-0.3, -0.25) is 14.5 Å². The molecule has 0 saturated heterocycles. The second-order valence-electron chi connectivity index (χ2n) is 7.37. The molecule has 7 nitrogen and oxygen atoms in total. The number of nitrogens with one attached hydrogen (secondary N) is 2. The highest BCUT2D eigenvalue weighted by molar-refractivity contribution is 6.10. The van der Waals surface area contributed by atoms with Crippen molar-refractivity contribution >= 4 is 40.5 Å². The van der Waals surface area contributed by atoms with Gasteiger partial charge in [0.25, 0.3) is 5.91 Å². The van der Waals surface area contributed by atoms with Crippen molar-refractivity contribution in [1.29, 1.82) is 0 Å². The summed E-state index contributed by atoms with van der Waals surface area (Å²) in [5.41, 5.74) is 0.478. The van der Waals surface area contributed by atoms with Crippen molar-refractivity contribution in [1.82, 2.24) is 0 Å². The van der Waals surface area contributed by atoms with E-state index in [1.54, 1.807) is 36.4 Å². The van der Waals surface area contributed by atoms with Gasteiger partial charge < -0.3 is 15.4 Å². The van der Waals surface area contributed by atoms with Gasteiger partial charge in [-0.1, -0.05) is 30.3 Å². The third-order valence-corrected chi connectivity index (χ3v) is 5.01. The number of benzene rings is 3. The number of esters is 1. The van der Waals surface area contributed by atoms with Gasteiger partial charge >= 0.3 is 12.1 Å². The minimum absolute atomic E-state index is 0.0319. The van der Waals surface area contributed by atoms with Crippen LogP contribution in [0.25, 0.3) is 0 Å². The van der Waals surface area contributed by atoms with E-state index in [9.17, 15) is 27.6 Å². The summed E-state index contributed by atoms with van der Waals surface area (Å²) in [5.74, 6) is -1.83. The Morgan fingerprint density at radius 1 is 1.00 bits per heavy atom. The van der Waals surface area contributed by atoms with E-state index >= 15 is 0 Å². The van der Waals surface area contributed by atoms with Crippen LogP contribution in [-0.4, -0.2) is 30.9 Å². The number of ether oxygens (including phenoxy) is 1. The number of halogens is 3. The first-order valence-corrected chi connectivity index (χ1v) is 10.1. The molecule has 0 radical (unpaired) electrons. The van der Waals surface area contributed by atoms with E-state index in [0.717, 1.165) is 12.1 Å². The average Bonchev–Trinajstić information content (AvgIpc) is 2.81. The Kier molecular flexibility index (Phi) is 6.22. The minimum Gasteiger partial charge on any atom is -0.452 e. The Morgan fingerprint density at radius 2 is 1.74 bits per heavy atom. The molecule has 0 unspecified atom stereocenters. The highest BCUT2D eigenvalue weighted by Gasteiger charge is 2.31. The molecule has 4 rings (SSSR count). The Morgan fingerprint density at radius 3 is 2.53 bits per heavy atom. The molecule has 10 heteroatoms. The smallest absolute Gasteiger partial charge is 0.416 e. The molecule has 0 aromatic heterocycles. The molecule has 1 aliphatic heterocycles. The van der Waals surface area contributed by atoms with E-state index in [0.29, 0.717) is 11.4 Å². The SMILES string of the molecule is O=C1CN(C(=O)COC(=O)c2ccccc2Nc2cccc(C(F)(F)F)c2)c2ccccc2N1. The lowest BCUT2D eigenvalue weighted by molar-refractivity contribution is -0.137. The van der Waals surface area contributed by atoms with E-state index < -0.39 is 30.2 Å². The number of para-hydroxylation sites is 3. The predicted octanol–water partition coefficient (Wildman–Crippen LogP) is 4.59. The van der Waals surface area contributed by atoms with Gasteiger partial charge in [-0.05, 0) is 42.5 Å². The maximum Gasteiger partial charge on any atom is 0.416 e. The Labute approximate surface area is 192 Å². The summed E-state index contributed by atoms with van der Waals surface area (Å²) in [6.07, 6.45) is -4.51. The van der Waals surface area contributed by atoms with E-state index in [4.69, 9.17) is 4.74 Å². The first-order valence-electron chi connectivity index (χ1n) is 10.1. The number of fused-ring (bicyclic) bond motifs is 1. The quantitative estimate of drug-likeness (QED) is 0.534. The molecule has 1 aliphatic rings. The minimum atomic E-state index is -4.51. The lowest BCUT2D eigenvalue weighted by Crippen LogP contribution is -2.44. The van der Waals surface area contributed by atoms with Gasteiger partial charge in [0.05, 0.1) is 28.2 Å². The van der Waals surface area contributed by atoms with E-state index in [2.05, 4.69) is 10.6 Å². The summed E-state index contributed by atoms with van der Waals surface area (Å²) in [6.45, 7) is -0.848. The molecule has 0 aliphatic carbocycles. The van der Waals surface area contributed by atoms with Gasteiger partial charge in [0, 0.05) is 5.69 Å². The highest BCUT2D eigenvalue weighted by Crippen LogP contribution is 2.32. The van der Waals surface area contributed by atoms with Gasteiger partial charge in [0.1, 0.15) is 6.54 Å². The first kappa shape index (κ1) is 22.8. The predicted molar refractivity (Wildman–Crippen MR) is 119 cm³/mol. The monoisotopic (exact) mass is 469 g/mol. The van der Waals surface area contributed by atoms with Crippen LogP contribution in [0.5, 0.6) is 0 Å². The average molecular weight is 469 g/mol. The number of anilines is 4. The largest absolute Gasteiger partial charge is 0.452 e. The van der Waals surface area contributed by atoms with Gasteiger partial charge in [0.15, 0.2) is 6.61 Å². The fraction of sp³-hybridized carbons (Fsp3) is 0.125. The van der Waals surface area contributed by atoms with Crippen LogP contribution in [0.2, 0.25) is 0 Å². The van der Waals surface area contributed by atoms with Gasteiger partial charge in [-0.25, -0.2) is 4.79 Å². The lowest BCUT2D eigenvalue weighted by atomic mass is 10.1. The standard InChI is InChI=1S/C24H18F3N3O4/c25-24(26,27)15-6-5-7-16(12-15)28-18-9-2-1-8-17(18)23(33)34-14-22(32)30-13-21(31)29-19-10-3-4-11-20(19)30/h1-12,28H,13-14H2,(H,29,31). The molecule has 0 spiro atoms.